The molecule has 2 rings (SSSR count). The molecule has 2 aromatic rings. The van der Waals surface area contributed by atoms with Crippen LogP contribution in [0.5, 0.6) is 11.5 Å². The fraction of sp³-hybridized carbons (Fsp3) is 0.235. The molecule has 0 radical (unpaired) electrons. The van der Waals surface area contributed by atoms with E-state index in [2.05, 4.69) is 0 Å². The van der Waals surface area contributed by atoms with E-state index < -0.39 is 10.8 Å². The van der Waals surface area contributed by atoms with E-state index in [0.717, 1.165) is 5.56 Å². The molecule has 0 spiro atoms. The summed E-state index contributed by atoms with van der Waals surface area (Å²) in [6.45, 7) is 3.64. The second kappa shape index (κ2) is 6.64. The fourth-order valence-electron chi connectivity index (χ4n) is 1.60. The molecule has 0 amide bonds. The van der Waals surface area contributed by atoms with Crippen LogP contribution in [0, 0.1) is 0 Å². The van der Waals surface area contributed by atoms with Crippen LogP contribution in [0.25, 0.3) is 0 Å². The van der Waals surface area contributed by atoms with Crippen LogP contribution in [-0.4, -0.2) is 10.8 Å². The molecule has 110 valence electrons. The van der Waals surface area contributed by atoms with Crippen molar-refractivity contribution in [3.8, 4) is 11.5 Å². The van der Waals surface area contributed by atoms with Crippen molar-refractivity contribution in [2.24, 2.45) is 0 Å². The SMILES string of the molecule is CC(C)(Cl)C(=O)Oc1cccc(OCc2ccccc2)c1. The van der Waals surface area contributed by atoms with E-state index >= 15 is 0 Å². The molecule has 0 saturated carbocycles. The maximum Gasteiger partial charge on any atom is 0.332 e. The number of halogens is 1. The zero-order valence-corrected chi connectivity index (χ0v) is 12.8. The highest BCUT2D eigenvalue weighted by atomic mass is 35.5. The van der Waals surface area contributed by atoms with Crippen LogP contribution in [-0.2, 0) is 11.4 Å². The molecule has 21 heavy (non-hydrogen) atoms. The fourth-order valence-corrected chi connectivity index (χ4v) is 1.64. The van der Waals surface area contributed by atoms with Gasteiger partial charge in [0, 0.05) is 6.07 Å². The first-order valence-corrected chi connectivity index (χ1v) is 7.01. The summed E-state index contributed by atoms with van der Waals surface area (Å²) in [5, 5.41) is 0. The molecule has 0 atom stereocenters. The average Bonchev–Trinajstić information content (AvgIpc) is 2.46. The van der Waals surface area contributed by atoms with Crippen LogP contribution >= 0.6 is 11.6 Å². The maximum atomic E-state index is 11.7. The van der Waals surface area contributed by atoms with Gasteiger partial charge in [-0.2, -0.15) is 0 Å². The molecule has 0 fully saturated rings. The van der Waals surface area contributed by atoms with Gasteiger partial charge in [0.15, 0.2) is 0 Å². The minimum absolute atomic E-state index is 0.416. The normalized spacial score (nSPS) is 11.0. The predicted octanol–water partition coefficient (Wildman–Crippen LogP) is 4.19. The lowest BCUT2D eigenvalue weighted by Gasteiger charge is -2.14. The Balaban J connectivity index is 1.99. The van der Waals surface area contributed by atoms with E-state index in [0.29, 0.717) is 18.1 Å². The van der Waals surface area contributed by atoms with E-state index in [1.54, 1.807) is 32.0 Å². The van der Waals surface area contributed by atoms with Crippen molar-refractivity contribution in [3.63, 3.8) is 0 Å². The first-order chi connectivity index (χ1) is 9.95. The van der Waals surface area contributed by atoms with Gasteiger partial charge < -0.3 is 9.47 Å². The second-order valence-corrected chi connectivity index (χ2v) is 6.06. The first-order valence-electron chi connectivity index (χ1n) is 6.63. The van der Waals surface area contributed by atoms with Crippen molar-refractivity contribution < 1.29 is 14.3 Å². The summed E-state index contributed by atoms with van der Waals surface area (Å²) in [6, 6.07) is 16.8. The van der Waals surface area contributed by atoms with Gasteiger partial charge in [-0.25, -0.2) is 4.79 Å². The lowest BCUT2D eigenvalue weighted by molar-refractivity contribution is -0.136. The number of hydrogen-bond donors (Lipinski definition) is 0. The Kier molecular flexibility index (Phi) is 4.86. The van der Waals surface area contributed by atoms with Gasteiger partial charge in [-0.1, -0.05) is 36.4 Å². The standard InChI is InChI=1S/C17H17ClO3/c1-17(2,18)16(19)21-15-10-6-9-14(11-15)20-12-13-7-4-3-5-8-13/h3-11H,12H2,1-2H3. The van der Waals surface area contributed by atoms with Crippen LogP contribution in [0.1, 0.15) is 19.4 Å². The number of ether oxygens (including phenoxy) is 2. The maximum absolute atomic E-state index is 11.7. The summed E-state index contributed by atoms with van der Waals surface area (Å²) in [5.74, 6) is 0.556. The van der Waals surface area contributed by atoms with E-state index in [1.165, 1.54) is 0 Å². The van der Waals surface area contributed by atoms with Crippen LogP contribution in [0.2, 0.25) is 0 Å². The van der Waals surface area contributed by atoms with Crippen LogP contribution in [0.3, 0.4) is 0 Å². The summed E-state index contributed by atoms with van der Waals surface area (Å²) in [6.07, 6.45) is 0. The monoisotopic (exact) mass is 304 g/mol. The largest absolute Gasteiger partial charge is 0.489 e. The molecule has 0 heterocycles. The highest BCUT2D eigenvalue weighted by Crippen LogP contribution is 2.23. The molecule has 3 nitrogen and oxygen atoms in total. The van der Waals surface area contributed by atoms with Gasteiger partial charge in [-0.15, -0.1) is 11.6 Å². The van der Waals surface area contributed by atoms with Gasteiger partial charge in [-0.3, -0.25) is 0 Å². The van der Waals surface area contributed by atoms with Crippen LogP contribution < -0.4 is 9.47 Å². The van der Waals surface area contributed by atoms with E-state index in [9.17, 15) is 4.79 Å². The third kappa shape index (κ3) is 4.80. The van der Waals surface area contributed by atoms with Crippen molar-refractivity contribution in [1.82, 2.24) is 0 Å². The number of hydrogen-bond acceptors (Lipinski definition) is 3. The van der Waals surface area contributed by atoms with Gasteiger partial charge in [-0.05, 0) is 31.5 Å². The molecule has 0 unspecified atom stereocenters. The number of carbonyl (C=O) groups excluding carboxylic acids is 1. The van der Waals surface area contributed by atoms with Crippen molar-refractivity contribution in [1.29, 1.82) is 0 Å². The molecule has 4 heteroatoms. The predicted molar refractivity (Wildman–Crippen MR) is 82.8 cm³/mol. The Morgan fingerprint density at radius 1 is 1.05 bits per heavy atom. The van der Waals surface area contributed by atoms with Gasteiger partial charge >= 0.3 is 5.97 Å². The summed E-state index contributed by atoms with van der Waals surface area (Å²) >= 11 is 5.91. The second-order valence-electron chi connectivity index (χ2n) is 5.11. The zero-order valence-electron chi connectivity index (χ0n) is 12.0. The zero-order chi connectivity index (χ0) is 15.3. The van der Waals surface area contributed by atoms with E-state index in [1.807, 2.05) is 36.4 Å². The first kappa shape index (κ1) is 15.4. The number of esters is 1. The highest BCUT2D eigenvalue weighted by molar-refractivity contribution is 6.33. The van der Waals surface area contributed by atoms with Crippen molar-refractivity contribution in [3.05, 3.63) is 60.2 Å². The molecule has 0 N–H and O–H groups in total. The molecule has 0 aromatic heterocycles. The Bertz CT molecular complexity index is 603. The Morgan fingerprint density at radius 3 is 2.38 bits per heavy atom. The Hall–Kier alpha value is -2.00. The van der Waals surface area contributed by atoms with Crippen molar-refractivity contribution >= 4 is 17.6 Å². The number of carbonyl (C=O) groups is 1. The molecule has 0 aliphatic heterocycles. The van der Waals surface area contributed by atoms with Gasteiger partial charge in [0.2, 0.25) is 0 Å². The van der Waals surface area contributed by atoms with Crippen molar-refractivity contribution in [2.45, 2.75) is 25.3 Å². The molecule has 0 aliphatic rings. The summed E-state index contributed by atoms with van der Waals surface area (Å²) in [7, 11) is 0. The smallest absolute Gasteiger partial charge is 0.332 e. The average molecular weight is 305 g/mol. The van der Waals surface area contributed by atoms with Crippen LogP contribution in [0.4, 0.5) is 0 Å². The third-order valence-corrected chi connectivity index (χ3v) is 2.90. The minimum atomic E-state index is -1.05. The summed E-state index contributed by atoms with van der Waals surface area (Å²) < 4.78 is 10.9. The summed E-state index contributed by atoms with van der Waals surface area (Å²) in [4.78, 5) is 10.7. The van der Waals surface area contributed by atoms with Crippen molar-refractivity contribution in [2.75, 3.05) is 0 Å². The third-order valence-electron chi connectivity index (χ3n) is 2.75. The Labute approximate surface area is 129 Å². The Morgan fingerprint density at radius 2 is 1.71 bits per heavy atom. The highest BCUT2D eigenvalue weighted by Gasteiger charge is 2.26. The lowest BCUT2D eigenvalue weighted by Crippen LogP contribution is -2.29. The number of benzene rings is 2. The molecule has 0 bridgehead atoms. The van der Waals surface area contributed by atoms with E-state index in [-0.39, 0.29) is 0 Å². The van der Waals surface area contributed by atoms with Gasteiger partial charge in [0.25, 0.3) is 0 Å². The molecular formula is C17H17ClO3. The van der Waals surface area contributed by atoms with Gasteiger partial charge in [0.05, 0.1) is 0 Å². The quantitative estimate of drug-likeness (QED) is 0.472. The number of rotatable bonds is 5. The topological polar surface area (TPSA) is 35.5 Å². The molecule has 2 aromatic carbocycles. The van der Waals surface area contributed by atoms with Gasteiger partial charge in [0.1, 0.15) is 23.0 Å². The molecule has 0 aliphatic carbocycles. The van der Waals surface area contributed by atoms with Crippen LogP contribution in [0.15, 0.2) is 54.6 Å². The summed E-state index contributed by atoms with van der Waals surface area (Å²) in [5.41, 5.74) is 1.07. The number of alkyl halides is 1. The minimum Gasteiger partial charge on any atom is -0.489 e. The molecule has 0 saturated heterocycles. The lowest BCUT2D eigenvalue weighted by atomic mass is 10.2. The molecular weight excluding hydrogens is 288 g/mol. The van der Waals surface area contributed by atoms with E-state index in [4.69, 9.17) is 21.1 Å².